The lowest BCUT2D eigenvalue weighted by molar-refractivity contribution is 0.0690. The Labute approximate surface area is 104 Å². The van der Waals surface area contributed by atoms with E-state index in [0.29, 0.717) is 5.82 Å². The zero-order valence-corrected chi connectivity index (χ0v) is 10.3. The summed E-state index contributed by atoms with van der Waals surface area (Å²) < 4.78 is 1.76. The highest BCUT2D eigenvalue weighted by Crippen LogP contribution is 2.21. The first-order valence-corrected chi connectivity index (χ1v) is 5.31. The molecular weight excluding hydrogens is 234 g/mol. The molecular formula is C11H13N5O2. The van der Waals surface area contributed by atoms with Crippen molar-refractivity contribution >= 4 is 17.5 Å². The number of hydrogen-bond donors (Lipinski definition) is 2. The van der Waals surface area contributed by atoms with E-state index >= 15 is 0 Å². The molecule has 0 atom stereocenters. The van der Waals surface area contributed by atoms with Crippen molar-refractivity contribution in [1.29, 1.82) is 0 Å². The third-order valence-corrected chi connectivity index (χ3v) is 2.63. The Balaban J connectivity index is 2.26. The van der Waals surface area contributed by atoms with Gasteiger partial charge in [-0.15, -0.1) is 0 Å². The third kappa shape index (κ3) is 2.15. The Bertz CT molecular complexity index is 588. The number of anilines is 2. The normalized spacial score (nSPS) is 10.4. The Kier molecular flexibility index (Phi) is 2.97. The molecule has 7 nitrogen and oxygen atoms in total. The van der Waals surface area contributed by atoms with Crippen molar-refractivity contribution < 1.29 is 9.90 Å². The Hall–Kier alpha value is -2.44. The molecule has 2 aromatic rings. The number of carbonyl (C=O) groups is 1. The van der Waals surface area contributed by atoms with Crippen molar-refractivity contribution in [2.24, 2.45) is 7.05 Å². The topological polar surface area (TPSA) is 92.9 Å². The lowest BCUT2D eigenvalue weighted by atomic mass is 10.3. The van der Waals surface area contributed by atoms with Crippen molar-refractivity contribution in [1.82, 2.24) is 19.7 Å². The Morgan fingerprint density at radius 1 is 1.33 bits per heavy atom. The molecule has 2 N–H and O–H groups in total. The predicted molar refractivity (Wildman–Crippen MR) is 65.0 cm³/mol. The maximum atomic E-state index is 10.6. The number of aromatic carboxylic acids is 1. The summed E-state index contributed by atoms with van der Waals surface area (Å²) in [6, 6.07) is 0. The molecule has 0 aromatic carbocycles. The van der Waals surface area contributed by atoms with Crippen LogP contribution >= 0.6 is 0 Å². The van der Waals surface area contributed by atoms with Crippen LogP contribution in [0.4, 0.5) is 11.5 Å². The van der Waals surface area contributed by atoms with Gasteiger partial charge in [0.05, 0.1) is 29.5 Å². The number of nitrogens with zero attached hydrogens (tertiary/aromatic N) is 4. The average molecular weight is 247 g/mol. The summed E-state index contributed by atoms with van der Waals surface area (Å²) in [4.78, 5) is 18.4. The SMILES string of the molecule is Cc1nn(C)c(C)c1Nc1cnc(C(=O)O)cn1. The third-order valence-electron chi connectivity index (χ3n) is 2.63. The fourth-order valence-corrected chi connectivity index (χ4v) is 1.59. The quantitative estimate of drug-likeness (QED) is 0.848. The van der Waals surface area contributed by atoms with Crippen LogP contribution in [0, 0.1) is 13.8 Å². The van der Waals surface area contributed by atoms with Gasteiger partial charge in [0.1, 0.15) is 5.82 Å². The minimum absolute atomic E-state index is 0.0832. The van der Waals surface area contributed by atoms with Crippen molar-refractivity contribution in [3.05, 3.63) is 29.5 Å². The van der Waals surface area contributed by atoms with Gasteiger partial charge in [0.2, 0.25) is 0 Å². The van der Waals surface area contributed by atoms with Gasteiger partial charge in [-0.1, -0.05) is 0 Å². The monoisotopic (exact) mass is 247 g/mol. The van der Waals surface area contributed by atoms with Crippen LogP contribution in [0.2, 0.25) is 0 Å². The maximum Gasteiger partial charge on any atom is 0.356 e. The minimum Gasteiger partial charge on any atom is -0.476 e. The molecule has 0 aliphatic rings. The van der Waals surface area contributed by atoms with E-state index in [1.54, 1.807) is 4.68 Å². The van der Waals surface area contributed by atoms with E-state index in [1.165, 1.54) is 12.4 Å². The van der Waals surface area contributed by atoms with Crippen molar-refractivity contribution in [3.8, 4) is 0 Å². The Morgan fingerprint density at radius 2 is 2.06 bits per heavy atom. The molecule has 0 amide bonds. The number of carboxylic acids is 1. The van der Waals surface area contributed by atoms with Crippen molar-refractivity contribution in [2.75, 3.05) is 5.32 Å². The van der Waals surface area contributed by atoms with E-state index in [2.05, 4.69) is 20.4 Å². The lowest BCUT2D eigenvalue weighted by Gasteiger charge is -2.05. The molecule has 0 saturated heterocycles. The van der Waals surface area contributed by atoms with Gasteiger partial charge in [-0.2, -0.15) is 5.10 Å². The molecule has 0 aliphatic heterocycles. The van der Waals surface area contributed by atoms with Gasteiger partial charge in [-0.25, -0.2) is 14.8 Å². The van der Waals surface area contributed by atoms with Gasteiger partial charge < -0.3 is 10.4 Å². The average Bonchev–Trinajstić information content (AvgIpc) is 2.57. The zero-order chi connectivity index (χ0) is 13.3. The summed E-state index contributed by atoms with van der Waals surface area (Å²) in [6.07, 6.45) is 2.60. The van der Waals surface area contributed by atoms with Gasteiger partial charge in [-0.05, 0) is 13.8 Å². The van der Waals surface area contributed by atoms with Gasteiger partial charge >= 0.3 is 5.97 Å². The summed E-state index contributed by atoms with van der Waals surface area (Å²) in [5.74, 6) is -0.609. The second-order valence-electron chi connectivity index (χ2n) is 3.89. The van der Waals surface area contributed by atoms with Gasteiger partial charge in [-0.3, -0.25) is 4.68 Å². The molecule has 2 heterocycles. The molecule has 0 bridgehead atoms. The largest absolute Gasteiger partial charge is 0.476 e. The molecule has 0 radical (unpaired) electrons. The highest BCUT2D eigenvalue weighted by Gasteiger charge is 2.11. The molecule has 7 heteroatoms. The zero-order valence-electron chi connectivity index (χ0n) is 10.3. The van der Waals surface area contributed by atoms with Crippen molar-refractivity contribution in [3.63, 3.8) is 0 Å². The number of hydrogen-bond acceptors (Lipinski definition) is 5. The second kappa shape index (κ2) is 4.44. The number of aromatic nitrogens is 4. The molecule has 2 rings (SSSR count). The summed E-state index contributed by atoms with van der Waals surface area (Å²) in [6.45, 7) is 3.82. The molecule has 0 aliphatic carbocycles. The van der Waals surface area contributed by atoms with Crippen molar-refractivity contribution in [2.45, 2.75) is 13.8 Å². The highest BCUT2D eigenvalue weighted by atomic mass is 16.4. The van der Waals surface area contributed by atoms with Crippen LogP contribution in [-0.2, 0) is 7.05 Å². The first-order chi connectivity index (χ1) is 8.49. The van der Waals surface area contributed by atoms with Gasteiger partial charge in [0.15, 0.2) is 5.69 Å². The molecule has 0 spiro atoms. The first kappa shape index (κ1) is 12.0. The predicted octanol–water partition coefficient (Wildman–Crippen LogP) is 1.27. The van der Waals surface area contributed by atoms with Crippen LogP contribution in [0.5, 0.6) is 0 Å². The van der Waals surface area contributed by atoms with Gasteiger partial charge in [0, 0.05) is 7.05 Å². The summed E-state index contributed by atoms with van der Waals surface area (Å²) in [5.41, 5.74) is 2.59. The molecule has 0 saturated carbocycles. The number of aryl methyl sites for hydroxylation is 2. The van der Waals surface area contributed by atoms with E-state index in [-0.39, 0.29) is 5.69 Å². The maximum absolute atomic E-state index is 10.6. The lowest BCUT2D eigenvalue weighted by Crippen LogP contribution is -2.03. The van der Waals surface area contributed by atoms with E-state index in [9.17, 15) is 4.79 Å². The fraction of sp³-hybridized carbons (Fsp3) is 0.273. The van der Waals surface area contributed by atoms with Crippen LogP contribution in [-0.4, -0.2) is 30.8 Å². The first-order valence-electron chi connectivity index (χ1n) is 5.31. The minimum atomic E-state index is -1.09. The number of carboxylic acid groups (broad SMARTS) is 1. The number of nitrogens with one attached hydrogen (secondary N) is 1. The van der Waals surface area contributed by atoms with E-state index in [1.807, 2.05) is 20.9 Å². The fourth-order valence-electron chi connectivity index (χ4n) is 1.59. The van der Waals surface area contributed by atoms with Crippen LogP contribution in [0.25, 0.3) is 0 Å². The van der Waals surface area contributed by atoms with E-state index in [0.717, 1.165) is 17.1 Å². The van der Waals surface area contributed by atoms with E-state index < -0.39 is 5.97 Å². The van der Waals surface area contributed by atoms with E-state index in [4.69, 9.17) is 5.11 Å². The Morgan fingerprint density at radius 3 is 2.50 bits per heavy atom. The number of rotatable bonds is 3. The molecule has 18 heavy (non-hydrogen) atoms. The molecule has 2 aromatic heterocycles. The van der Waals surface area contributed by atoms with Crippen LogP contribution < -0.4 is 5.32 Å². The van der Waals surface area contributed by atoms with Crippen LogP contribution in [0.15, 0.2) is 12.4 Å². The molecule has 94 valence electrons. The molecule has 0 unspecified atom stereocenters. The second-order valence-corrected chi connectivity index (χ2v) is 3.89. The standard InChI is InChI=1S/C11H13N5O2/c1-6-10(7(2)16(3)15-6)14-9-5-12-8(4-13-9)11(17)18/h4-5H,1-3H3,(H,13,14)(H,17,18). The summed E-state index contributed by atoms with van der Waals surface area (Å²) in [5, 5.41) is 16.1. The summed E-state index contributed by atoms with van der Waals surface area (Å²) >= 11 is 0. The van der Waals surface area contributed by atoms with Crippen LogP contribution in [0.3, 0.4) is 0 Å². The van der Waals surface area contributed by atoms with Crippen LogP contribution in [0.1, 0.15) is 21.9 Å². The molecule has 0 fully saturated rings. The van der Waals surface area contributed by atoms with Gasteiger partial charge in [0.25, 0.3) is 0 Å². The highest BCUT2D eigenvalue weighted by molar-refractivity contribution is 5.85. The summed E-state index contributed by atoms with van der Waals surface area (Å²) in [7, 11) is 1.85. The smallest absolute Gasteiger partial charge is 0.356 e.